The highest BCUT2D eigenvalue weighted by atomic mass is 16.2. The molecule has 0 unspecified atom stereocenters. The number of aryl methyl sites for hydroxylation is 2. The maximum atomic E-state index is 13.0. The van der Waals surface area contributed by atoms with Crippen LogP contribution in [0.2, 0.25) is 0 Å². The van der Waals surface area contributed by atoms with Crippen molar-refractivity contribution in [2.45, 2.75) is 27.3 Å². The molecule has 0 aliphatic rings. The van der Waals surface area contributed by atoms with Gasteiger partial charge in [0.2, 0.25) is 0 Å². The van der Waals surface area contributed by atoms with Gasteiger partial charge in [0.1, 0.15) is 0 Å². The van der Waals surface area contributed by atoms with E-state index in [1.54, 1.807) is 4.90 Å². The summed E-state index contributed by atoms with van der Waals surface area (Å²) in [5.74, 6) is -0.00258. The van der Waals surface area contributed by atoms with Gasteiger partial charge in [0.15, 0.2) is 0 Å². The van der Waals surface area contributed by atoms with Gasteiger partial charge in [-0.2, -0.15) is 5.10 Å². The molecule has 0 aliphatic heterocycles. The summed E-state index contributed by atoms with van der Waals surface area (Å²) in [5.41, 5.74) is 5.58. The minimum Gasteiger partial charge on any atom is -0.337 e. The molecule has 0 N–H and O–H groups in total. The Labute approximate surface area is 148 Å². The second kappa shape index (κ2) is 6.93. The van der Waals surface area contributed by atoms with Crippen LogP contribution in [0.1, 0.15) is 32.9 Å². The van der Waals surface area contributed by atoms with E-state index in [0.29, 0.717) is 12.1 Å². The lowest BCUT2D eigenvalue weighted by molar-refractivity contribution is 0.0783. The summed E-state index contributed by atoms with van der Waals surface area (Å²) in [6.07, 6.45) is 0. The lowest BCUT2D eigenvalue weighted by Gasteiger charge is -2.17. The maximum absolute atomic E-state index is 13.0. The molecule has 0 saturated heterocycles. The van der Waals surface area contributed by atoms with Crippen LogP contribution in [-0.2, 0) is 6.54 Å². The van der Waals surface area contributed by atoms with Gasteiger partial charge in [0, 0.05) is 13.6 Å². The summed E-state index contributed by atoms with van der Waals surface area (Å²) in [5, 5.41) is 4.59. The van der Waals surface area contributed by atoms with E-state index in [1.807, 2.05) is 68.0 Å². The molecule has 1 amide bonds. The van der Waals surface area contributed by atoms with Crippen molar-refractivity contribution in [3.63, 3.8) is 0 Å². The van der Waals surface area contributed by atoms with Crippen molar-refractivity contribution in [1.29, 1.82) is 0 Å². The van der Waals surface area contributed by atoms with E-state index < -0.39 is 0 Å². The summed E-state index contributed by atoms with van der Waals surface area (Å²) < 4.78 is 1.85. The van der Waals surface area contributed by atoms with Gasteiger partial charge in [-0.1, -0.05) is 48.0 Å². The zero-order chi connectivity index (χ0) is 18.0. The molecule has 4 nitrogen and oxygen atoms in total. The van der Waals surface area contributed by atoms with Gasteiger partial charge >= 0.3 is 0 Å². The number of hydrogen-bond donors (Lipinski definition) is 0. The Morgan fingerprint density at radius 3 is 2.28 bits per heavy atom. The first-order valence-electron chi connectivity index (χ1n) is 8.40. The summed E-state index contributed by atoms with van der Waals surface area (Å²) >= 11 is 0. The zero-order valence-corrected chi connectivity index (χ0v) is 15.2. The molecule has 0 fully saturated rings. The van der Waals surface area contributed by atoms with Gasteiger partial charge < -0.3 is 4.90 Å². The fraction of sp³-hybridized carbons (Fsp3) is 0.238. The van der Waals surface area contributed by atoms with Crippen LogP contribution in [0.25, 0.3) is 5.69 Å². The molecule has 0 aliphatic carbocycles. The van der Waals surface area contributed by atoms with Gasteiger partial charge in [0.05, 0.1) is 22.6 Å². The van der Waals surface area contributed by atoms with E-state index in [-0.39, 0.29) is 5.91 Å². The van der Waals surface area contributed by atoms with Crippen molar-refractivity contribution in [1.82, 2.24) is 14.7 Å². The van der Waals surface area contributed by atoms with Gasteiger partial charge in [-0.15, -0.1) is 0 Å². The molecule has 3 rings (SSSR count). The summed E-state index contributed by atoms with van der Waals surface area (Å²) in [4.78, 5) is 14.7. The number of benzene rings is 2. The van der Waals surface area contributed by atoms with Crippen LogP contribution in [0.3, 0.4) is 0 Å². The van der Waals surface area contributed by atoms with Crippen LogP contribution in [0.5, 0.6) is 0 Å². The van der Waals surface area contributed by atoms with Crippen molar-refractivity contribution in [3.8, 4) is 5.69 Å². The highest BCUT2D eigenvalue weighted by Crippen LogP contribution is 2.20. The molecule has 25 heavy (non-hydrogen) atoms. The molecule has 2 aromatic carbocycles. The molecule has 0 atom stereocenters. The Kier molecular flexibility index (Phi) is 4.70. The van der Waals surface area contributed by atoms with Gasteiger partial charge in [-0.3, -0.25) is 4.79 Å². The van der Waals surface area contributed by atoms with Gasteiger partial charge in [0.25, 0.3) is 5.91 Å². The lowest BCUT2D eigenvalue weighted by Crippen LogP contribution is -2.27. The molecule has 128 valence electrons. The number of aromatic nitrogens is 2. The molecular weight excluding hydrogens is 310 g/mol. The van der Waals surface area contributed by atoms with Gasteiger partial charge in [-0.05, 0) is 38.5 Å². The first kappa shape index (κ1) is 17.0. The van der Waals surface area contributed by atoms with Crippen molar-refractivity contribution in [2.24, 2.45) is 0 Å². The Morgan fingerprint density at radius 2 is 1.64 bits per heavy atom. The Bertz CT molecular complexity index is 880. The van der Waals surface area contributed by atoms with Crippen molar-refractivity contribution >= 4 is 5.91 Å². The monoisotopic (exact) mass is 333 g/mol. The molecule has 4 heteroatoms. The highest BCUT2D eigenvalue weighted by molar-refractivity contribution is 5.96. The Balaban J connectivity index is 1.89. The number of carbonyl (C=O) groups excluding carboxylic acids is 1. The third-order valence-corrected chi connectivity index (χ3v) is 4.39. The minimum absolute atomic E-state index is 0.00258. The molecule has 3 aromatic rings. The van der Waals surface area contributed by atoms with Crippen LogP contribution in [0, 0.1) is 20.8 Å². The summed E-state index contributed by atoms with van der Waals surface area (Å²) in [6.45, 7) is 6.47. The van der Waals surface area contributed by atoms with Gasteiger partial charge in [-0.25, -0.2) is 4.68 Å². The molecule has 1 aromatic heterocycles. The molecule has 0 saturated carbocycles. The molecule has 1 heterocycles. The maximum Gasteiger partial charge on any atom is 0.257 e. The standard InChI is InChI=1S/C21H23N3O/c1-15-10-12-19(13-11-15)24-17(3)20(16(2)22-24)21(25)23(4)14-18-8-6-5-7-9-18/h5-13H,14H2,1-4H3. The minimum atomic E-state index is -0.00258. The average Bonchev–Trinajstić information content (AvgIpc) is 2.90. The zero-order valence-electron chi connectivity index (χ0n) is 15.2. The van der Waals surface area contributed by atoms with E-state index in [4.69, 9.17) is 0 Å². The molecule has 0 bridgehead atoms. The topological polar surface area (TPSA) is 38.1 Å². The quantitative estimate of drug-likeness (QED) is 0.722. The largest absolute Gasteiger partial charge is 0.337 e. The Morgan fingerprint density at radius 1 is 1.00 bits per heavy atom. The van der Waals surface area contributed by atoms with Crippen LogP contribution < -0.4 is 0 Å². The first-order valence-corrected chi connectivity index (χ1v) is 8.40. The van der Waals surface area contributed by atoms with Crippen molar-refractivity contribution < 1.29 is 4.79 Å². The predicted molar refractivity (Wildman–Crippen MR) is 100 cm³/mol. The number of rotatable bonds is 4. The number of nitrogens with zero attached hydrogens (tertiary/aromatic N) is 3. The normalized spacial score (nSPS) is 10.7. The average molecular weight is 333 g/mol. The van der Waals surface area contributed by atoms with Crippen molar-refractivity contribution in [3.05, 3.63) is 82.7 Å². The second-order valence-corrected chi connectivity index (χ2v) is 6.44. The number of hydrogen-bond acceptors (Lipinski definition) is 2. The third kappa shape index (κ3) is 3.48. The number of carbonyl (C=O) groups is 1. The van der Waals surface area contributed by atoms with E-state index in [9.17, 15) is 4.79 Å². The highest BCUT2D eigenvalue weighted by Gasteiger charge is 2.22. The Hall–Kier alpha value is -2.88. The van der Waals surface area contributed by atoms with E-state index in [0.717, 1.165) is 22.6 Å². The summed E-state index contributed by atoms with van der Waals surface area (Å²) in [6, 6.07) is 18.2. The lowest BCUT2D eigenvalue weighted by atomic mass is 10.1. The third-order valence-electron chi connectivity index (χ3n) is 4.39. The predicted octanol–water partition coefficient (Wildman–Crippen LogP) is 4.07. The van der Waals surface area contributed by atoms with E-state index >= 15 is 0 Å². The molecular formula is C21H23N3O. The molecule has 0 radical (unpaired) electrons. The van der Waals surface area contributed by atoms with Crippen LogP contribution in [0.15, 0.2) is 54.6 Å². The van der Waals surface area contributed by atoms with E-state index in [2.05, 4.69) is 24.2 Å². The van der Waals surface area contributed by atoms with Crippen LogP contribution in [-0.4, -0.2) is 27.6 Å². The first-order chi connectivity index (χ1) is 12.0. The summed E-state index contributed by atoms with van der Waals surface area (Å²) in [7, 11) is 1.83. The SMILES string of the molecule is Cc1ccc(-n2nc(C)c(C(=O)N(C)Cc3ccccc3)c2C)cc1. The second-order valence-electron chi connectivity index (χ2n) is 6.44. The smallest absolute Gasteiger partial charge is 0.257 e. The fourth-order valence-electron chi connectivity index (χ4n) is 3.01. The fourth-order valence-corrected chi connectivity index (χ4v) is 3.01. The van der Waals surface area contributed by atoms with E-state index in [1.165, 1.54) is 5.56 Å². The van der Waals surface area contributed by atoms with Crippen molar-refractivity contribution in [2.75, 3.05) is 7.05 Å². The molecule has 0 spiro atoms. The van der Waals surface area contributed by atoms with Crippen LogP contribution in [0.4, 0.5) is 0 Å². The van der Waals surface area contributed by atoms with Crippen LogP contribution >= 0.6 is 0 Å². The number of amides is 1.